The highest BCUT2D eigenvalue weighted by atomic mass is 35.5. The number of hydrogen-bond acceptors (Lipinski definition) is 11. The van der Waals surface area contributed by atoms with E-state index in [0.717, 1.165) is 36.6 Å². The Morgan fingerprint density at radius 3 is 2.17 bits per heavy atom. The minimum Gasteiger partial charge on any atom is -0.442 e. The molecule has 0 bridgehead atoms. The molecule has 5 aromatic rings. The van der Waals surface area contributed by atoms with Crippen LogP contribution in [0.25, 0.3) is 22.0 Å². The monoisotopic (exact) mass is 1080 g/mol. The quantitative estimate of drug-likeness (QED) is 0.0490. The number of aromatic nitrogens is 5. The number of benzene rings is 2. The fourth-order valence-electron chi connectivity index (χ4n) is 8.36. The largest absolute Gasteiger partial charge is 0.442 e. The van der Waals surface area contributed by atoms with Crippen LogP contribution in [0.3, 0.4) is 0 Å². The van der Waals surface area contributed by atoms with Crippen molar-refractivity contribution in [3.05, 3.63) is 93.0 Å². The van der Waals surface area contributed by atoms with Crippen molar-refractivity contribution < 1.29 is 75.1 Å². The van der Waals surface area contributed by atoms with E-state index in [9.17, 15) is 61.5 Å². The SMILES string of the molecule is C[C@H](N)C(=O)OCN(c1nn(CC(F)(F)F)c2c(-c3ccc(C#CC(C)(C)S(C)(=O)=O)nc3[C@H](Cc3cc(F)cc(F)c3)NC(=O)Cn3nc(C(F)(F)F)c4c3C(F)(F)[C@@H]3CC[C@H]43)ccc(Cl)c12)S(C)(=O)=O. The average molecular weight is 1080 g/mol. The van der Waals surface area contributed by atoms with Crippen LogP contribution in [0.1, 0.15) is 79.5 Å². The topological polar surface area (TPSA) is 201 Å². The zero-order chi connectivity index (χ0) is 53.4. The van der Waals surface area contributed by atoms with Gasteiger partial charge < -0.3 is 15.8 Å². The third kappa shape index (κ3) is 10.7. The highest BCUT2D eigenvalue weighted by Gasteiger charge is 2.63. The molecule has 0 aliphatic heterocycles. The van der Waals surface area contributed by atoms with E-state index in [4.69, 9.17) is 22.1 Å². The number of carbonyl (C=O) groups is 2. The Bertz CT molecular complexity index is 3290. The second-order valence-electron chi connectivity index (χ2n) is 17.9. The van der Waals surface area contributed by atoms with Crippen LogP contribution >= 0.6 is 11.6 Å². The lowest BCUT2D eigenvalue weighted by atomic mass is 9.73. The molecule has 3 heterocycles. The molecule has 0 unspecified atom stereocenters. The highest BCUT2D eigenvalue weighted by Crippen LogP contribution is 2.64. The Kier molecular flexibility index (Phi) is 14.1. The van der Waals surface area contributed by atoms with Crippen molar-refractivity contribution in [2.24, 2.45) is 11.7 Å². The van der Waals surface area contributed by atoms with Crippen molar-refractivity contribution in [2.75, 3.05) is 23.5 Å². The standard InChI is InChI=1S/C44H41ClF10N8O7S2/c1-21(56)40(65)70-20-63(72(5,68)69)39-34-30(45)11-9-27(36(34)62(60-39)19-42(48,49)50)26-7-6-25(12-13-41(2,3)71(4,66)67)57-35(26)31(16-22-14-23(46)17-24(47)15-22)58-32(64)18-61-38-33(37(59-61)44(53,54)55)28-8-10-29(28)43(38,51)52/h6-7,9,11,14-15,17,21,28-29,31H,8,10,16,18-20,56H2,1-5H3,(H,58,64)/t21-,28-,29+,31-/m0/s1. The predicted molar refractivity (Wildman–Crippen MR) is 239 cm³/mol. The maximum absolute atomic E-state index is 15.8. The normalized spacial score (nSPS) is 17.6. The molecule has 28 heteroatoms. The molecule has 0 saturated heterocycles. The number of sulfonamides is 1. The first-order valence-corrected chi connectivity index (χ1v) is 25.4. The maximum atomic E-state index is 15.8. The van der Waals surface area contributed by atoms with E-state index < -0.39 is 161 Å². The number of esters is 1. The molecule has 1 fully saturated rings. The van der Waals surface area contributed by atoms with E-state index in [-0.39, 0.29) is 39.9 Å². The van der Waals surface area contributed by atoms with Gasteiger partial charge in [0, 0.05) is 34.9 Å². The van der Waals surface area contributed by atoms with Crippen molar-refractivity contribution in [1.82, 2.24) is 29.9 Å². The van der Waals surface area contributed by atoms with Gasteiger partial charge in [0.05, 0.1) is 33.9 Å². The van der Waals surface area contributed by atoms with Gasteiger partial charge in [-0.1, -0.05) is 23.6 Å². The molecule has 3 N–H and O–H groups in total. The van der Waals surface area contributed by atoms with Crippen LogP contribution in [0, 0.1) is 29.4 Å². The number of carbonyl (C=O) groups excluding carboxylic acids is 2. The third-order valence-corrected chi connectivity index (χ3v) is 15.5. The molecule has 0 radical (unpaired) electrons. The number of rotatable bonds is 14. The van der Waals surface area contributed by atoms with Crippen molar-refractivity contribution >= 4 is 60.1 Å². The van der Waals surface area contributed by atoms with Gasteiger partial charge in [-0.2, -0.15) is 45.3 Å². The molecular formula is C44H41ClF10N8O7S2. The Morgan fingerprint density at radius 1 is 0.972 bits per heavy atom. The average Bonchev–Trinajstić information content (AvgIpc) is 3.81. The van der Waals surface area contributed by atoms with Gasteiger partial charge in [-0.05, 0) is 87.8 Å². The molecule has 72 heavy (non-hydrogen) atoms. The summed E-state index contributed by atoms with van der Waals surface area (Å²) in [7, 11) is -8.51. The summed E-state index contributed by atoms with van der Waals surface area (Å²) in [6.07, 6.45) is -9.66. The van der Waals surface area contributed by atoms with Crippen LogP contribution in [-0.2, 0) is 65.8 Å². The number of pyridine rings is 1. The molecular weight excluding hydrogens is 1040 g/mol. The van der Waals surface area contributed by atoms with Gasteiger partial charge in [0.15, 0.2) is 28.1 Å². The number of alkyl halides is 8. The molecule has 2 aromatic carbocycles. The predicted octanol–water partition coefficient (Wildman–Crippen LogP) is 7.30. The van der Waals surface area contributed by atoms with Gasteiger partial charge in [-0.15, -0.1) is 0 Å². The van der Waals surface area contributed by atoms with Gasteiger partial charge >= 0.3 is 18.3 Å². The Morgan fingerprint density at radius 2 is 1.61 bits per heavy atom. The Hall–Kier alpha value is -5.98. The number of amides is 1. The van der Waals surface area contributed by atoms with E-state index >= 15 is 8.78 Å². The molecule has 0 spiro atoms. The summed E-state index contributed by atoms with van der Waals surface area (Å²) in [5.41, 5.74) is -0.131. The number of halogens is 11. The van der Waals surface area contributed by atoms with E-state index in [2.05, 4.69) is 32.3 Å². The van der Waals surface area contributed by atoms with E-state index in [1.54, 1.807) is 0 Å². The van der Waals surface area contributed by atoms with Crippen LogP contribution in [0.15, 0.2) is 42.5 Å². The fraction of sp³-hybridized carbons (Fsp3) is 0.432. The zero-order valence-corrected chi connectivity index (χ0v) is 40.6. The number of nitrogens with zero attached hydrogens (tertiary/aromatic N) is 6. The van der Waals surface area contributed by atoms with Crippen molar-refractivity contribution in [1.29, 1.82) is 0 Å². The third-order valence-electron chi connectivity index (χ3n) is 12.1. The molecule has 1 saturated carbocycles. The lowest BCUT2D eigenvalue weighted by Gasteiger charge is -2.34. The number of anilines is 1. The molecule has 3 aromatic heterocycles. The van der Waals surface area contributed by atoms with Gasteiger partial charge in [-0.3, -0.25) is 19.0 Å². The Balaban J connectivity index is 1.48. The first kappa shape index (κ1) is 53.8. The number of fused-ring (bicyclic) bond motifs is 4. The molecule has 1 amide bonds. The molecule has 2 aliphatic rings. The van der Waals surface area contributed by atoms with Crippen LogP contribution in [0.2, 0.25) is 5.02 Å². The fourth-order valence-corrected chi connectivity index (χ4v) is 9.52. The lowest BCUT2D eigenvalue weighted by Crippen LogP contribution is -2.37. The number of hydrogen-bond donors (Lipinski definition) is 2. The smallest absolute Gasteiger partial charge is 0.435 e. The van der Waals surface area contributed by atoms with Gasteiger partial charge in [0.1, 0.15) is 46.9 Å². The number of ether oxygens (including phenoxy) is 1. The summed E-state index contributed by atoms with van der Waals surface area (Å²) in [5.74, 6) is -6.98. The molecule has 7 rings (SSSR count). The number of nitrogens with two attached hydrogens (primary N) is 1. The first-order chi connectivity index (χ1) is 33.1. The van der Waals surface area contributed by atoms with Crippen molar-refractivity contribution in [3.63, 3.8) is 0 Å². The summed E-state index contributed by atoms with van der Waals surface area (Å²) in [6.45, 7) is -0.715. The molecule has 15 nitrogen and oxygen atoms in total. The van der Waals surface area contributed by atoms with Gasteiger partial charge in [0.25, 0.3) is 5.92 Å². The second kappa shape index (κ2) is 18.8. The molecule has 388 valence electrons. The summed E-state index contributed by atoms with van der Waals surface area (Å²) in [6, 6.07) is 3.61. The van der Waals surface area contributed by atoms with Crippen LogP contribution < -0.4 is 15.4 Å². The van der Waals surface area contributed by atoms with Gasteiger partial charge in [0.2, 0.25) is 15.9 Å². The maximum Gasteiger partial charge on any atom is 0.435 e. The zero-order valence-electron chi connectivity index (χ0n) is 38.2. The summed E-state index contributed by atoms with van der Waals surface area (Å²) >= 11 is 6.63. The van der Waals surface area contributed by atoms with E-state index in [0.29, 0.717) is 21.3 Å². The minimum absolute atomic E-state index is 0.00974. The van der Waals surface area contributed by atoms with Crippen molar-refractivity contribution in [3.8, 4) is 23.0 Å². The van der Waals surface area contributed by atoms with Gasteiger partial charge in [-0.25, -0.2) is 34.9 Å². The van der Waals surface area contributed by atoms with Crippen LogP contribution in [0.5, 0.6) is 0 Å². The summed E-state index contributed by atoms with van der Waals surface area (Å²) in [4.78, 5) is 31.1. The van der Waals surface area contributed by atoms with E-state index in [1.165, 1.54) is 26.8 Å². The number of sulfone groups is 1. The minimum atomic E-state index is -5.23. The van der Waals surface area contributed by atoms with Crippen LogP contribution in [0.4, 0.5) is 49.7 Å². The van der Waals surface area contributed by atoms with E-state index in [1.807, 2.05) is 0 Å². The molecule has 4 atom stereocenters. The highest BCUT2D eigenvalue weighted by molar-refractivity contribution is 7.92. The van der Waals surface area contributed by atoms with Crippen LogP contribution in [-0.4, -0.2) is 89.5 Å². The first-order valence-electron chi connectivity index (χ1n) is 21.3. The second-order valence-corrected chi connectivity index (χ2v) is 22.7. The number of nitrogens with one attached hydrogen (secondary N) is 1. The summed E-state index contributed by atoms with van der Waals surface area (Å²) < 4.78 is 204. The molecule has 2 aliphatic carbocycles. The summed E-state index contributed by atoms with van der Waals surface area (Å²) in [5, 5.41) is 8.92. The Labute approximate surface area is 409 Å². The van der Waals surface area contributed by atoms with Crippen molar-refractivity contribution in [2.45, 2.75) is 94.1 Å². The lowest BCUT2D eigenvalue weighted by molar-refractivity contribution is -0.144.